The SMILES string of the molecule is COc1ccc(C(=O)c2ccc(C)cc2C(=O)O)cc1. The molecule has 4 heteroatoms. The van der Waals surface area contributed by atoms with Crippen molar-refractivity contribution in [1.29, 1.82) is 0 Å². The van der Waals surface area contributed by atoms with Gasteiger partial charge in [0.1, 0.15) is 5.75 Å². The highest BCUT2D eigenvalue weighted by molar-refractivity contribution is 6.14. The molecule has 4 nitrogen and oxygen atoms in total. The average molecular weight is 270 g/mol. The molecular formula is C16H14O4. The Labute approximate surface area is 116 Å². The fourth-order valence-corrected chi connectivity index (χ4v) is 1.93. The van der Waals surface area contributed by atoms with Crippen LogP contribution in [-0.2, 0) is 0 Å². The van der Waals surface area contributed by atoms with E-state index in [4.69, 9.17) is 4.74 Å². The van der Waals surface area contributed by atoms with Crippen LogP contribution in [-0.4, -0.2) is 24.0 Å². The van der Waals surface area contributed by atoms with Crippen molar-refractivity contribution in [2.45, 2.75) is 6.92 Å². The molecule has 0 aliphatic heterocycles. The highest BCUT2D eigenvalue weighted by atomic mass is 16.5. The van der Waals surface area contributed by atoms with Crippen molar-refractivity contribution in [1.82, 2.24) is 0 Å². The number of carbonyl (C=O) groups is 2. The number of carboxylic acids is 1. The number of hydrogen-bond donors (Lipinski definition) is 1. The van der Waals surface area contributed by atoms with E-state index in [1.54, 1.807) is 50.4 Å². The van der Waals surface area contributed by atoms with E-state index in [0.29, 0.717) is 11.3 Å². The molecule has 0 radical (unpaired) electrons. The first-order valence-electron chi connectivity index (χ1n) is 6.05. The lowest BCUT2D eigenvalue weighted by Gasteiger charge is -2.07. The summed E-state index contributed by atoms with van der Waals surface area (Å²) in [6.07, 6.45) is 0. The Kier molecular flexibility index (Phi) is 3.84. The quantitative estimate of drug-likeness (QED) is 0.867. The third-order valence-electron chi connectivity index (χ3n) is 3.00. The van der Waals surface area contributed by atoms with Crippen molar-refractivity contribution < 1.29 is 19.4 Å². The lowest BCUT2D eigenvalue weighted by atomic mass is 9.97. The van der Waals surface area contributed by atoms with Crippen molar-refractivity contribution >= 4 is 11.8 Å². The second kappa shape index (κ2) is 5.57. The minimum absolute atomic E-state index is 0.0193. The molecule has 0 atom stereocenters. The van der Waals surface area contributed by atoms with Gasteiger partial charge in [0.2, 0.25) is 0 Å². The molecule has 0 aliphatic carbocycles. The molecule has 2 aromatic rings. The Bertz CT molecular complexity index is 657. The summed E-state index contributed by atoms with van der Waals surface area (Å²) in [4.78, 5) is 23.6. The topological polar surface area (TPSA) is 63.6 Å². The van der Waals surface area contributed by atoms with Gasteiger partial charge in [-0.3, -0.25) is 4.79 Å². The molecule has 20 heavy (non-hydrogen) atoms. The zero-order chi connectivity index (χ0) is 14.7. The van der Waals surface area contributed by atoms with Crippen molar-refractivity contribution in [2.75, 3.05) is 7.11 Å². The Morgan fingerprint density at radius 3 is 2.20 bits per heavy atom. The molecule has 2 rings (SSSR count). The number of carboxylic acid groups (broad SMARTS) is 1. The first kappa shape index (κ1) is 13.8. The van der Waals surface area contributed by atoms with Gasteiger partial charge in [0.15, 0.2) is 5.78 Å². The van der Waals surface area contributed by atoms with Gasteiger partial charge < -0.3 is 9.84 Å². The van der Waals surface area contributed by atoms with Crippen LogP contribution in [0.1, 0.15) is 31.8 Å². The van der Waals surface area contributed by atoms with Crippen LogP contribution in [0.5, 0.6) is 5.75 Å². The number of hydrogen-bond acceptors (Lipinski definition) is 3. The Morgan fingerprint density at radius 2 is 1.65 bits per heavy atom. The van der Waals surface area contributed by atoms with Crippen molar-refractivity contribution in [2.24, 2.45) is 0 Å². The highest BCUT2D eigenvalue weighted by Crippen LogP contribution is 2.19. The van der Waals surface area contributed by atoms with E-state index in [0.717, 1.165) is 5.56 Å². The summed E-state index contributed by atoms with van der Waals surface area (Å²) in [6, 6.07) is 11.3. The third kappa shape index (κ3) is 2.69. The van der Waals surface area contributed by atoms with E-state index in [2.05, 4.69) is 0 Å². The summed E-state index contributed by atoms with van der Waals surface area (Å²) in [5.74, 6) is -0.778. The molecule has 0 saturated heterocycles. The molecule has 0 amide bonds. The largest absolute Gasteiger partial charge is 0.497 e. The van der Waals surface area contributed by atoms with Gasteiger partial charge in [-0.05, 0) is 43.3 Å². The number of ether oxygens (including phenoxy) is 1. The van der Waals surface area contributed by atoms with Gasteiger partial charge in [0.05, 0.1) is 12.7 Å². The Balaban J connectivity index is 2.44. The molecule has 0 aromatic heterocycles. The second-order valence-corrected chi connectivity index (χ2v) is 4.41. The normalized spacial score (nSPS) is 10.1. The van der Waals surface area contributed by atoms with Gasteiger partial charge in [0, 0.05) is 11.1 Å². The summed E-state index contributed by atoms with van der Waals surface area (Å²) in [7, 11) is 1.54. The average Bonchev–Trinajstić information content (AvgIpc) is 2.46. The van der Waals surface area contributed by atoms with Crippen molar-refractivity contribution in [3.63, 3.8) is 0 Å². The summed E-state index contributed by atoms with van der Waals surface area (Å²) in [5.41, 5.74) is 1.44. The molecule has 0 fully saturated rings. The van der Waals surface area contributed by atoms with E-state index in [-0.39, 0.29) is 16.9 Å². The van der Waals surface area contributed by atoms with E-state index < -0.39 is 5.97 Å². The lowest BCUT2D eigenvalue weighted by Crippen LogP contribution is -2.10. The van der Waals surface area contributed by atoms with Gasteiger partial charge in [-0.15, -0.1) is 0 Å². The third-order valence-corrected chi connectivity index (χ3v) is 3.00. The van der Waals surface area contributed by atoms with Crippen LogP contribution in [0.3, 0.4) is 0 Å². The summed E-state index contributed by atoms with van der Waals surface area (Å²) >= 11 is 0. The molecular weight excluding hydrogens is 256 g/mol. The summed E-state index contributed by atoms with van der Waals surface area (Å²) in [5, 5.41) is 9.20. The van der Waals surface area contributed by atoms with Gasteiger partial charge in [-0.25, -0.2) is 4.79 Å². The summed E-state index contributed by atoms with van der Waals surface area (Å²) in [6.45, 7) is 1.79. The molecule has 0 aliphatic rings. The van der Waals surface area contributed by atoms with Crippen LogP contribution in [0, 0.1) is 6.92 Å². The predicted molar refractivity (Wildman–Crippen MR) is 74.6 cm³/mol. The number of ketones is 1. The highest BCUT2D eigenvalue weighted by Gasteiger charge is 2.18. The number of aryl methyl sites for hydroxylation is 1. The second-order valence-electron chi connectivity index (χ2n) is 4.41. The molecule has 102 valence electrons. The molecule has 1 N–H and O–H groups in total. The van der Waals surface area contributed by atoms with Crippen LogP contribution in [0.25, 0.3) is 0 Å². The molecule has 0 bridgehead atoms. The fourth-order valence-electron chi connectivity index (χ4n) is 1.93. The molecule has 0 spiro atoms. The van der Waals surface area contributed by atoms with Gasteiger partial charge in [0.25, 0.3) is 0 Å². The molecule has 2 aromatic carbocycles. The fraction of sp³-hybridized carbons (Fsp3) is 0.125. The van der Waals surface area contributed by atoms with Crippen LogP contribution in [0.4, 0.5) is 0 Å². The number of benzene rings is 2. The van der Waals surface area contributed by atoms with E-state index >= 15 is 0 Å². The van der Waals surface area contributed by atoms with Crippen LogP contribution in [0.15, 0.2) is 42.5 Å². The number of carbonyl (C=O) groups excluding carboxylic acids is 1. The standard InChI is InChI=1S/C16H14O4/c1-10-3-8-13(14(9-10)16(18)19)15(17)11-4-6-12(20-2)7-5-11/h3-9H,1-2H3,(H,18,19). The number of methoxy groups -OCH3 is 1. The minimum atomic E-state index is -1.11. The smallest absolute Gasteiger partial charge is 0.336 e. The van der Waals surface area contributed by atoms with Gasteiger partial charge >= 0.3 is 5.97 Å². The van der Waals surface area contributed by atoms with Gasteiger partial charge in [-0.2, -0.15) is 0 Å². The molecule has 0 heterocycles. The van der Waals surface area contributed by atoms with Crippen molar-refractivity contribution in [3.8, 4) is 5.75 Å². The maximum absolute atomic E-state index is 12.4. The zero-order valence-corrected chi connectivity index (χ0v) is 11.2. The predicted octanol–water partition coefficient (Wildman–Crippen LogP) is 2.93. The zero-order valence-electron chi connectivity index (χ0n) is 11.2. The van der Waals surface area contributed by atoms with Crippen LogP contribution in [0.2, 0.25) is 0 Å². The first-order chi connectivity index (χ1) is 9.52. The maximum Gasteiger partial charge on any atom is 0.336 e. The molecule has 0 unspecified atom stereocenters. The van der Waals surface area contributed by atoms with E-state index in [1.165, 1.54) is 6.07 Å². The maximum atomic E-state index is 12.4. The Morgan fingerprint density at radius 1 is 1.00 bits per heavy atom. The first-order valence-corrected chi connectivity index (χ1v) is 6.05. The summed E-state index contributed by atoms with van der Waals surface area (Å²) < 4.78 is 5.03. The van der Waals surface area contributed by atoms with Crippen LogP contribution < -0.4 is 4.74 Å². The Hall–Kier alpha value is -2.62. The van der Waals surface area contributed by atoms with Gasteiger partial charge in [-0.1, -0.05) is 11.6 Å². The minimum Gasteiger partial charge on any atom is -0.497 e. The number of rotatable bonds is 4. The monoisotopic (exact) mass is 270 g/mol. The van der Waals surface area contributed by atoms with Crippen LogP contribution >= 0.6 is 0 Å². The molecule has 0 saturated carbocycles. The van der Waals surface area contributed by atoms with Crippen molar-refractivity contribution in [3.05, 3.63) is 64.7 Å². The lowest BCUT2D eigenvalue weighted by molar-refractivity contribution is 0.0692. The van der Waals surface area contributed by atoms with E-state index in [9.17, 15) is 14.7 Å². The number of aromatic carboxylic acids is 1. The van der Waals surface area contributed by atoms with E-state index in [1.807, 2.05) is 0 Å².